The second-order valence-corrected chi connectivity index (χ2v) is 7.95. The van der Waals surface area contributed by atoms with Crippen LogP contribution in [0.3, 0.4) is 0 Å². The first-order valence-electron chi connectivity index (χ1n) is 6.59. The van der Waals surface area contributed by atoms with Crippen LogP contribution in [0.15, 0.2) is 0 Å². The average Bonchev–Trinajstić information content (AvgIpc) is 2.66. The third-order valence-corrected chi connectivity index (χ3v) is 5.40. The average molecular weight is 296 g/mol. The van der Waals surface area contributed by atoms with Crippen LogP contribution in [0.25, 0.3) is 0 Å². The molecule has 1 fully saturated rings. The Morgan fingerprint density at radius 3 is 2.56 bits per heavy atom. The van der Waals surface area contributed by atoms with Crippen LogP contribution in [0.5, 0.6) is 0 Å². The minimum atomic E-state index is -3.62. The third-order valence-electron chi connectivity index (χ3n) is 3.53. The first-order chi connectivity index (χ1) is 8.36. The highest BCUT2D eigenvalue weighted by Crippen LogP contribution is 2.24. The van der Waals surface area contributed by atoms with Gasteiger partial charge in [0, 0.05) is 29.7 Å². The number of carbonyl (C=O) groups excluding carboxylic acids is 1. The number of amides is 1. The maximum absolute atomic E-state index is 11.8. The Labute approximate surface area is 114 Å². The molecule has 1 aliphatic rings. The van der Waals surface area contributed by atoms with Gasteiger partial charge in [0.15, 0.2) is 0 Å². The van der Waals surface area contributed by atoms with E-state index in [1.807, 2.05) is 6.92 Å². The van der Waals surface area contributed by atoms with E-state index in [4.69, 9.17) is 10.7 Å². The SMILES string of the molecule is CCCCCCC(C)N1CC(S(=O)(=O)Cl)CC1=O. The molecule has 1 rings (SSSR count). The normalized spacial score (nSPS) is 22.5. The quantitative estimate of drug-likeness (QED) is 0.536. The molecule has 0 aliphatic carbocycles. The molecule has 0 N–H and O–H groups in total. The van der Waals surface area contributed by atoms with Crippen molar-refractivity contribution in [1.29, 1.82) is 0 Å². The molecule has 0 radical (unpaired) electrons. The summed E-state index contributed by atoms with van der Waals surface area (Å²) in [5.41, 5.74) is 0. The molecular weight excluding hydrogens is 274 g/mol. The van der Waals surface area contributed by atoms with Gasteiger partial charge in [-0.1, -0.05) is 32.6 Å². The van der Waals surface area contributed by atoms with Crippen molar-refractivity contribution < 1.29 is 13.2 Å². The molecule has 18 heavy (non-hydrogen) atoms. The van der Waals surface area contributed by atoms with Gasteiger partial charge in [-0.15, -0.1) is 0 Å². The van der Waals surface area contributed by atoms with Crippen LogP contribution >= 0.6 is 10.7 Å². The van der Waals surface area contributed by atoms with Crippen molar-refractivity contribution in [3.05, 3.63) is 0 Å². The van der Waals surface area contributed by atoms with E-state index in [2.05, 4.69) is 6.92 Å². The van der Waals surface area contributed by atoms with Crippen molar-refractivity contribution >= 4 is 25.6 Å². The lowest BCUT2D eigenvalue weighted by atomic mass is 10.1. The number of rotatable bonds is 7. The maximum Gasteiger partial charge on any atom is 0.237 e. The van der Waals surface area contributed by atoms with Crippen molar-refractivity contribution in [3.8, 4) is 0 Å². The molecular formula is C12H22ClNO3S. The van der Waals surface area contributed by atoms with E-state index in [1.165, 1.54) is 19.3 Å². The summed E-state index contributed by atoms with van der Waals surface area (Å²) in [7, 11) is 1.69. The van der Waals surface area contributed by atoms with E-state index in [0.29, 0.717) is 0 Å². The molecule has 1 saturated heterocycles. The van der Waals surface area contributed by atoms with Crippen LogP contribution in [0.1, 0.15) is 52.4 Å². The zero-order chi connectivity index (χ0) is 13.8. The van der Waals surface area contributed by atoms with Crippen LogP contribution in [-0.4, -0.2) is 37.1 Å². The van der Waals surface area contributed by atoms with Gasteiger partial charge in [-0.3, -0.25) is 4.79 Å². The van der Waals surface area contributed by atoms with E-state index in [-0.39, 0.29) is 24.9 Å². The van der Waals surface area contributed by atoms with Crippen LogP contribution in [-0.2, 0) is 13.8 Å². The minimum Gasteiger partial charge on any atom is -0.339 e. The molecule has 106 valence electrons. The molecule has 0 aromatic heterocycles. The van der Waals surface area contributed by atoms with Gasteiger partial charge in [-0.25, -0.2) is 8.42 Å². The molecule has 0 bridgehead atoms. The Bertz CT molecular complexity index is 383. The summed E-state index contributed by atoms with van der Waals surface area (Å²) < 4.78 is 22.5. The summed E-state index contributed by atoms with van der Waals surface area (Å²) in [6, 6.07) is 0.109. The smallest absolute Gasteiger partial charge is 0.237 e. The molecule has 1 heterocycles. The van der Waals surface area contributed by atoms with Gasteiger partial charge in [0.2, 0.25) is 15.0 Å². The van der Waals surface area contributed by atoms with Gasteiger partial charge >= 0.3 is 0 Å². The monoisotopic (exact) mass is 295 g/mol. The second-order valence-electron chi connectivity index (χ2n) is 5.05. The third kappa shape index (κ3) is 4.43. The summed E-state index contributed by atoms with van der Waals surface area (Å²) in [5, 5.41) is -0.732. The summed E-state index contributed by atoms with van der Waals surface area (Å²) in [4.78, 5) is 13.4. The first kappa shape index (κ1) is 15.8. The van der Waals surface area contributed by atoms with Crippen molar-refractivity contribution in [1.82, 2.24) is 4.90 Å². The number of hydrogen-bond acceptors (Lipinski definition) is 3. The summed E-state index contributed by atoms with van der Waals surface area (Å²) in [6.07, 6.45) is 5.60. The highest BCUT2D eigenvalue weighted by molar-refractivity contribution is 8.14. The molecule has 0 spiro atoms. The zero-order valence-electron chi connectivity index (χ0n) is 11.1. The minimum absolute atomic E-state index is 0.0329. The van der Waals surface area contributed by atoms with Crippen LogP contribution in [0.4, 0.5) is 0 Å². The Balaban J connectivity index is 2.44. The fourth-order valence-corrected chi connectivity index (χ4v) is 3.37. The van der Waals surface area contributed by atoms with E-state index < -0.39 is 14.3 Å². The fraction of sp³-hybridized carbons (Fsp3) is 0.917. The van der Waals surface area contributed by atoms with Crippen molar-refractivity contribution in [3.63, 3.8) is 0 Å². The molecule has 0 aromatic rings. The van der Waals surface area contributed by atoms with E-state index >= 15 is 0 Å². The van der Waals surface area contributed by atoms with Gasteiger partial charge in [0.25, 0.3) is 0 Å². The molecule has 2 atom stereocenters. The summed E-state index contributed by atoms with van der Waals surface area (Å²) >= 11 is 0. The molecule has 1 aliphatic heterocycles. The molecule has 0 aromatic carbocycles. The van der Waals surface area contributed by atoms with Crippen molar-refractivity contribution in [2.75, 3.05) is 6.54 Å². The Morgan fingerprint density at radius 2 is 2.06 bits per heavy atom. The largest absolute Gasteiger partial charge is 0.339 e. The predicted molar refractivity (Wildman–Crippen MR) is 73.1 cm³/mol. The topological polar surface area (TPSA) is 54.5 Å². The number of carbonyl (C=O) groups is 1. The Kier molecular flexibility index (Phi) is 5.92. The standard InChI is InChI=1S/C12H22ClNO3S/c1-3-4-5-6-7-10(2)14-9-11(8-12(14)15)18(13,16)17/h10-11H,3-9H2,1-2H3. The lowest BCUT2D eigenvalue weighted by Gasteiger charge is -2.24. The number of likely N-dealkylation sites (tertiary alicyclic amines) is 1. The molecule has 0 saturated carbocycles. The van der Waals surface area contributed by atoms with E-state index in [1.54, 1.807) is 4.90 Å². The first-order valence-corrected chi connectivity index (χ1v) is 8.96. The van der Waals surface area contributed by atoms with Gasteiger partial charge in [-0.2, -0.15) is 0 Å². The van der Waals surface area contributed by atoms with Crippen LogP contribution in [0.2, 0.25) is 0 Å². The number of nitrogens with zero attached hydrogens (tertiary/aromatic N) is 1. The fourth-order valence-electron chi connectivity index (χ4n) is 2.33. The van der Waals surface area contributed by atoms with Crippen molar-refractivity contribution in [2.24, 2.45) is 0 Å². The highest BCUT2D eigenvalue weighted by Gasteiger charge is 2.38. The predicted octanol–water partition coefficient (Wildman–Crippen LogP) is 2.51. The summed E-state index contributed by atoms with van der Waals surface area (Å²) in [6.45, 7) is 4.38. The molecule has 6 heteroatoms. The lowest BCUT2D eigenvalue weighted by Crippen LogP contribution is -2.35. The lowest BCUT2D eigenvalue weighted by molar-refractivity contribution is -0.129. The Morgan fingerprint density at radius 1 is 1.39 bits per heavy atom. The van der Waals surface area contributed by atoms with E-state index in [9.17, 15) is 13.2 Å². The zero-order valence-corrected chi connectivity index (χ0v) is 12.6. The van der Waals surface area contributed by atoms with Crippen LogP contribution in [0, 0.1) is 0 Å². The van der Waals surface area contributed by atoms with E-state index in [0.717, 1.165) is 12.8 Å². The second kappa shape index (κ2) is 6.75. The molecule has 2 unspecified atom stereocenters. The number of hydrogen-bond donors (Lipinski definition) is 0. The van der Waals surface area contributed by atoms with Gasteiger partial charge in [0.05, 0.1) is 0 Å². The molecule has 1 amide bonds. The Hall–Kier alpha value is -0.290. The number of halogens is 1. The van der Waals surface area contributed by atoms with Gasteiger partial charge in [-0.05, 0) is 13.3 Å². The highest BCUT2D eigenvalue weighted by atomic mass is 35.7. The van der Waals surface area contributed by atoms with Gasteiger partial charge < -0.3 is 4.90 Å². The molecule has 4 nitrogen and oxygen atoms in total. The number of unbranched alkanes of at least 4 members (excludes halogenated alkanes) is 3. The maximum atomic E-state index is 11.8. The summed E-state index contributed by atoms with van der Waals surface area (Å²) in [5.74, 6) is -0.0905. The van der Waals surface area contributed by atoms with Gasteiger partial charge in [0.1, 0.15) is 5.25 Å². The van der Waals surface area contributed by atoms with Crippen molar-refractivity contribution in [2.45, 2.75) is 63.7 Å². The van der Waals surface area contributed by atoms with Crippen LogP contribution < -0.4 is 0 Å².